The lowest BCUT2D eigenvalue weighted by Gasteiger charge is -2.16. The molecule has 0 aliphatic carbocycles. The summed E-state index contributed by atoms with van der Waals surface area (Å²) in [4.78, 5) is 23.7. The Morgan fingerprint density at radius 1 is 1.58 bits per heavy atom. The minimum absolute atomic E-state index is 0.154. The zero-order valence-corrected chi connectivity index (χ0v) is 10.8. The fourth-order valence-corrected chi connectivity index (χ4v) is 1.49. The highest BCUT2D eigenvalue weighted by Gasteiger charge is 2.18. The van der Waals surface area contributed by atoms with Crippen LogP contribution in [-0.2, 0) is 4.74 Å². The van der Waals surface area contributed by atoms with Gasteiger partial charge in [-0.25, -0.2) is 0 Å². The average molecular weight is 268 g/mol. The monoisotopic (exact) mass is 268 g/mol. The van der Waals surface area contributed by atoms with E-state index in [1.807, 2.05) is 0 Å². The summed E-state index contributed by atoms with van der Waals surface area (Å²) in [5, 5.41) is 10.9. The van der Waals surface area contributed by atoms with Crippen molar-refractivity contribution in [1.82, 2.24) is 4.90 Å². The SMILES string of the molecule is COCCN(C)C(=O)c1ccc(NN)c([N+](=O)[O-])c1. The van der Waals surface area contributed by atoms with Crippen LogP contribution in [-0.4, -0.2) is 43.0 Å². The predicted octanol–water partition coefficient (Wildman–Crippen LogP) is 0.599. The number of hydrazine groups is 1. The van der Waals surface area contributed by atoms with Crippen molar-refractivity contribution in [2.45, 2.75) is 0 Å². The second-order valence-corrected chi connectivity index (χ2v) is 3.85. The van der Waals surface area contributed by atoms with Crippen molar-refractivity contribution in [2.24, 2.45) is 5.84 Å². The number of likely N-dealkylation sites (N-methyl/N-ethyl adjacent to an activating group) is 1. The Morgan fingerprint density at radius 2 is 2.26 bits per heavy atom. The maximum Gasteiger partial charge on any atom is 0.294 e. The number of nitrogens with two attached hydrogens (primary N) is 1. The molecular formula is C11H16N4O4. The molecule has 3 N–H and O–H groups in total. The molecule has 104 valence electrons. The number of nitrogens with one attached hydrogen (secondary N) is 1. The fraction of sp³-hybridized carbons (Fsp3) is 0.364. The van der Waals surface area contributed by atoms with E-state index in [-0.39, 0.29) is 22.8 Å². The van der Waals surface area contributed by atoms with Crippen LogP contribution in [0.1, 0.15) is 10.4 Å². The molecule has 0 aliphatic rings. The molecule has 0 saturated heterocycles. The number of methoxy groups -OCH3 is 1. The first-order chi connectivity index (χ1) is 9.01. The lowest BCUT2D eigenvalue weighted by atomic mass is 10.1. The number of nitrogen functional groups attached to an aromatic ring is 1. The molecule has 1 amide bonds. The molecule has 8 nitrogen and oxygen atoms in total. The van der Waals surface area contributed by atoms with Crippen LogP contribution < -0.4 is 11.3 Å². The van der Waals surface area contributed by atoms with E-state index in [0.717, 1.165) is 0 Å². The molecule has 0 radical (unpaired) electrons. The van der Waals surface area contributed by atoms with Gasteiger partial charge in [-0.1, -0.05) is 0 Å². The molecule has 0 bridgehead atoms. The Bertz CT molecular complexity index is 478. The van der Waals surface area contributed by atoms with Gasteiger partial charge in [0.25, 0.3) is 11.6 Å². The number of carbonyl (C=O) groups excluding carboxylic acids is 1. The lowest BCUT2D eigenvalue weighted by molar-refractivity contribution is -0.384. The second-order valence-electron chi connectivity index (χ2n) is 3.85. The smallest absolute Gasteiger partial charge is 0.294 e. The molecule has 1 aromatic carbocycles. The maximum absolute atomic E-state index is 12.0. The minimum atomic E-state index is -0.596. The molecule has 0 aliphatic heterocycles. The highest BCUT2D eigenvalue weighted by molar-refractivity contribution is 5.95. The van der Waals surface area contributed by atoms with E-state index < -0.39 is 4.92 Å². The van der Waals surface area contributed by atoms with Gasteiger partial charge in [0, 0.05) is 32.3 Å². The van der Waals surface area contributed by atoms with Crippen LogP contribution in [0.25, 0.3) is 0 Å². The quantitative estimate of drug-likeness (QED) is 0.444. The number of anilines is 1. The number of hydrogen-bond acceptors (Lipinski definition) is 6. The van der Waals surface area contributed by atoms with Gasteiger partial charge in [-0.15, -0.1) is 0 Å². The van der Waals surface area contributed by atoms with Crippen LogP contribution in [0.5, 0.6) is 0 Å². The third kappa shape index (κ3) is 3.63. The van der Waals surface area contributed by atoms with Crippen molar-refractivity contribution in [1.29, 1.82) is 0 Å². The van der Waals surface area contributed by atoms with E-state index in [2.05, 4.69) is 5.43 Å². The molecular weight excluding hydrogens is 252 g/mol. The number of rotatable bonds is 6. The van der Waals surface area contributed by atoms with Crippen molar-refractivity contribution in [3.8, 4) is 0 Å². The summed E-state index contributed by atoms with van der Waals surface area (Å²) in [5.41, 5.74) is 2.36. The van der Waals surface area contributed by atoms with Crippen molar-refractivity contribution in [3.05, 3.63) is 33.9 Å². The minimum Gasteiger partial charge on any atom is -0.383 e. The summed E-state index contributed by atoms with van der Waals surface area (Å²) in [5.74, 6) is 4.86. The van der Waals surface area contributed by atoms with Gasteiger partial charge in [-0.2, -0.15) is 0 Å². The van der Waals surface area contributed by atoms with E-state index in [1.54, 1.807) is 7.05 Å². The van der Waals surface area contributed by atoms with Crippen LogP contribution in [0.2, 0.25) is 0 Å². The van der Waals surface area contributed by atoms with Gasteiger partial charge in [0.1, 0.15) is 5.69 Å². The van der Waals surface area contributed by atoms with Gasteiger partial charge in [0.2, 0.25) is 0 Å². The Balaban J connectivity index is 2.98. The zero-order valence-electron chi connectivity index (χ0n) is 10.8. The molecule has 0 fully saturated rings. The van der Waals surface area contributed by atoms with Crippen molar-refractivity contribution in [2.75, 3.05) is 32.7 Å². The summed E-state index contributed by atoms with van der Waals surface area (Å²) < 4.78 is 4.87. The van der Waals surface area contributed by atoms with E-state index in [0.29, 0.717) is 13.2 Å². The first kappa shape index (κ1) is 14.9. The van der Waals surface area contributed by atoms with Gasteiger partial charge in [-0.3, -0.25) is 20.8 Å². The van der Waals surface area contributed by atoms with Crippen LogP contribution in [0.15, 0.2) is 18.2 Å². The molecule has 8 heteroatoms. The average Bonchev–Trinajstić information content (AvgIpc) is 2.42. The molecule has 0 aromatic heterocycles. The number of hydrogen-bond donors (Lipinski definition) is 2. The van der Waals surface area contributed by atoms with Crippen LogP contribution in [0, 0.1) is 10.1 Å². The van der Waals surface area contributed by atoms with Crippen LogP contribution in [0.4, 0.5) is 11.4 Å². The van der Waals surface area contributed by atoms with Crippen LogP contribution in [0.3, 0.4) is 0 Å². The summed E-state index contributed by atoms with van der Waals surface area (Å²) in [7, 11) is 3.13. The van der Waals surface area contributed by atoms with Gasteiger partial charge in [-0.05, 0) is 12.1 Å². The normalized spacial score (nSPS) is 10.1. The first-order valence-corrected chi connectivity index (χ1v) is 5.50. The standard InChI is InChI=1S/C11H16N4O4/c1-14(5-6-19-2)11(16)8-3-4-9(13-12)10(7-8)15(17)18/h3-4,7,13H,5-6,12H2,1-2H3. The van der Waals surface area contributed by atoms with Gasteiger partial charge in [0.05, 0.1) is 11.5 Å². The number of nitrogens with zero attached hydrogens (tertiary/aromatic N) is 2. The van der Waals surface area contributed by atoms with Crippen LogP contribution >= 0.6 is 0 Å². The lowest BCUT2D eigenvalue weighted by Crippen LogP contribution is -2.30. The molecule has 0 atom stereocenters. The summed E-state index contributed by atoms with van der Waals surface area (Å²) in [6.45, 7) is 0.798. The first-order valence-electron chi connectivity index (χ1n) is 5.50. The number of amides is 1. The number of benzene rings is 1. The zero-order chi connectivity index (χ0) is 14.4. The molecule has 1 rings (SSSR count). The molecule has 0 heterocycles. The van der Waals surface area contributed by atoms with E-state index >= 15 is 0 Å². The fourth-order valence-electron chi connectivity index (χ4n) is 1.49. The third-order valence-corrected chi connectivity index (χ3v) is 2.57. The highest BCUT2D eigenvalue weighted by Crippen LogP contribution is 2.25. The maximum atomic E-state index is 12.0. The Morgan fingerprint density at radius 3 is 2.79 bits per heavy atom. The second kappa shape index (κ2) is 6.66. The Hall–Kier alpha value is -2.19. The van der Waals surface area contributed by atoms with E-state index in [4.69, 9.17) is 10.6 Å². The molecule has 19 heavy (non-hydrogen) atoms. The molecule has 1 aromatic rings. The number of nitro groups is 1. The molecule has 0 saturated carbocycles. The van der Waals surface area contributed by atoms with Crippen molar-refractivity contribution in [3.63, 3.8) is 0 Å². The van der Waals surface area contributed by atoms with E-state index in [1.165, 1.54) is 30.2 Å². The highest BCUT2D eigenvalue weighted by atomic mass is 16.6. The van der Waals surface area contributed by atoms with Gasteiger partial charge >= 0.3 is 0 Å². The summed E-state index contributed by atoms with van der Waals surface area (Å²) >= 11 is 0. The van der Waals surface area contributed by atoms with Crippen molar-refractivity contribution >= 4 is 17.3 Å². The summed E-state index contributed by atoms with van der Waals surface area (Å²) in [6.07, 6.45) is 0. The van der Waals surface area contributed by atoms with E-state index in [9.17, 15) is 14.9 Å². The number of nitro benzene ring substituents is 1. The van der Waals surface area contributed by atoms with Crippen molar-refractivity contribution < 1.29 is 14.5 Å². The topological polar surface area (TPSA) is 111 Å². The Labute approximate surface area is 110 Å². The van der Waals surface area contributed by atoms with Gasteiger partial charge < -0.3 is 15.1 Å². The Kier molecular flexibility index (Phi) is 5.22. The summed E-state index contributed by atoms with van der Waals surface area (Å²) in [6, 6.07) is 4.07. The van der Waals surface area contributed by atoms with Gasteiger partial charge in [0.15, 0.2) is 0 Å². The number of ether oxygens (including phenoxy) is 1. The molecule has 0 spiro atoms. The third-order valence-electron chi connectivity index (χ3n) is 2.57. The molecule has 0 unspecified atom stereocenters. The number of carbonyl (C=O) groups is 1. The predicted molar refractivity (Wildman–Crippen MR) is 69.7 cm³/mol. The largest absolute Gasteiger partial charge is 0.383 e.